The van der Waals surface area contributed by atoms with Gasteiger partial charge in [-0.2, -0.15) is 0 Å². The first-order valence-electron chi connectivity index (χ1n) is 9.27. The Bertz CT molecular complexity index is 634. The number of carbonyl (C=O) groups is 3. The molecule has 0 radical (unpaired) electrons. The molecular weight excluding hydrogens is 320 g/mol. The predicted octanol–water partition coefficient (Wildman–Crippen LogP) is -0.719. The van der Waals surface area contributed by atoms with E-state index in [4.69, 9.17) is 5.73 Å². The van der Waals surface area contributed by atoms with Gasteiger partial charge in [0.05, 0.1) is 6.04 Å². The molecule has 1 saturated carbocycles. The van der Waals surface area contributed by atoms with Crippen molar-refractivity contribution in [3.8, 4) is 0 Å². The molecule has 0 spiro atoms. The quantitative estimate of drug-likeness (QED) is 0.492. The van der Waals surface area contributed by atoms with Crippen molar-refractivity contribution in [1.82, 2.24) is 16.0 Å². The van der Waals surface area contributed by atoms with Gasteiger partial charge >= 0.3 is 0 Å². The van der Waals surface area contributed by atoms with Gasteiger partial charge in [0, 0.05) is 18.5 Å². The van der Waals surface area contributed by atoms with Crippen LogP contribution in [0.4, 0.5) is 0 Å². The second-order valence-corrected chi connectivity index (χ2v) is 8.01. The van der Waals surface area contributed by atoms with Crippen molar-refractivity contribution < 1.29 is 14.4 Å². The van der Waals surface area contributed by atoms with Crippen LogP contribution in [0.2, 0.25) is 0 Å². The van der Waals surface area contributed by atoms with Crippen molar-refractivity contribution >= 4 is 17.7 Å². The number of rotatable bonds is 5. The van der Waals surface area contributed by atoms with Gasteiger partial charge in [0.15, 0.2) is 0 Å². The van der Waals surface area contributed by atoms with E-state index >= 15 is 0 Å². The van der Waals surface area contributed by atoms with Crippen LogP contribution in [0.5, 0.6) is 0 Å². The molecule has 2 aliphatic heterocycles. The topological polar surface area (TPSA) is 113 Å². The molecule has 25 heavy (non-hydrogen) atoms. The Hall–Kier alpha value is -1.89. The maximum atomic E-state index is 12.9. The molecule has 136 valence electrons. The number of carbonyl (C=O) groups excluding carboxylic acids is 3. The monoisotopic (exact) mass is 346 g/mol. The van der Waals surface area contributed by atoms with Gasteiger partial charge < -0.3 is 21.7 Å². The Kier molecular flexibility index (Phi) is 4.06. The Morgan fingerprint density at radius 3 is 2.68 bits per heavy atom. The summed E-state index contributed by atoms with van der Waals surface area (Å²) in [5, 5.41) is 8.99. The van der Waals surface area contributed by atoms with Gasteiger partial charge in [0.2, 0.25) is 17.7 Å². The molecule has 0 unspecified atom stereocenters. The van der Waals surface area contributed by atoms with E-state index in [1.807, 2.05) is 0 Å². The van der Waals surface area contributed by atoms with E-state index in [0.717, 1.165) is 6.42 Å². The molecule has 0 aromatic rings. The molecule has 0 aromatic heterocycles. The minimum Gasteiger partial charge on any atom is -0.368 e. The van der Waals surface area contributed by atoms with Crippen molar-refractivity contribution in [3.05, 3.63) is 12.2 Å². The number of allylic oxidation sites excluding steroid dienone is 2. The summed E-state index contributed by atoms with van der Waals surface area (Å²) in [6.07, 6.45) is 6.60. The molecule has 3 fully saturated rings. The van der Waals surface area contributed by atoms with Crippen molar-refractivity contribution in [3.63, 3.8) is 0 Å². The Morgan fingerprint density at radius 2 is 2.04 bits per heavy atom. The first-order valence-corrected chi connectivity index (χ1v) is 9.27. The average Bonchev–Trinajstić information content (AvgIpc) is 3.31. The normalized spacial score (nSPS) is 42.3. The number of amides is 3. The van der Waals surface area contributed by atoms with Crippen LogP contribution in [-0.2, 0) is 14.4 Å². The van der Waals surface area contributed by atoms with Crippen LogP contribution >= 0.6 is 0 Å². The zero-order chi connectivity index (χ0) is 17.7. The van der Waals surface area contributed by atoms with Crippen LogP contribution in [0, 0.1) is 29.6 Å². The summed E-state index contributed by atoms with van der Waals surface area (Å²) in [4.78, 5) is 36.4. The number of nitrogens with one attached hydrogen (secondary N) is 3. The van der Waals surface area contributed by atoms with Crippen molar-refractivity contribution in [2.75, 3.05) is 6.54 Å². The van der Waals surface area contributed by atoms with Gasteiger partial charge in [-0.1, -0.05) is 12.2 Å². The SMILES string of the molecule is C[C@@H]1N[C@H](C(=O)N[C@@H](C[C@@H]2CCNC2=O)C(N)=O)[C@@H]2[C@H]1[C@@H]1C=C[C@H]2C1. The van der Waals surface area contributed by atoms with Gasteiger partial charge in [-0.25, -0.2) is 0 Å². The zero-order valence-corrected chi connectivity index (χ0v) is 14.4. The Morgan fingerprint density at radius 1 is 1.32 bits per heavy atom. The standard InChI is InChI=1S/C18H26N4O3/c1-8-13-9-2-3-10(6-9)14(13)15(21-8)18(25)22-12(16(19)23)7-11-4-5-20-17(11)24/h2-3,8-15,21H,4-7H2,1H3,(H2,19,23)(H,20,24)(H,22,25)/t8-,9+,10-,11-,12-,13+,14-,15-/m0/s1. The third kappa shape index (κ3) is 2.74. The highest BCUT2D eigenvalue weighted by molar-refractivity contribution is 5.90. The lowest BCUT2D eigenvalue weighted by Gasteiger charge is -2.26. The van der Waals surface area contributed by atoms with Gasteiger partial charge in [0.1, 0.15) is 6.04 Å². The summed E-state index contributed by atoms with van der Waals surface area (Å²) in [7, 11) is 0. The molecule has 2 bridgehead atoms. The maximum absolute atomic E-state index is 12.9. The van der Waals surface area contributed by atoms with Crippen LogP contribution in [0.15, 0.2) is 12.2 Å². The number of fused-ring (bicyclic) bond motifs is 5. The fourth-order valence-corrected chi connectivity index (χ4v) is 5.49. The first-order chi connectivity index (χ1) is 12.0. The van der Waals surface area contributed by atoms with Crippen molar-refractivity contribution in [2.24, 2.45) is 35.3 Å². The third-order valence-corrected chi connectivity index (χ3v) is 6.61. The summed E-state index contributed by atoms with van der Waals surface area (Å²) in [5.41, 5.74) is 5.48. The van der Waals surface area contributed by atoms with Gasteiger partial charge in [0.25, 0.3) is 0 Å². The van der Waals surface area contributed by atoms with Crippen molar-refractivity contribution in [1.29, 1.82) is 0 Å². The largest absolute Gasteiger partial charge is 0.368 e. The van der Waals surface area contributed by atoms with E-state index in [-0.39, 0.29) is 42.2 Å². The average molecular weight is 346 g/mol. The van der Waals surface area contributed by atoms with Gasteiger partial charge in [-0.05, 0) is 49.9 Å². The minimum absolute atomic E-state index is 0.0635. The van der Waals surface area contributed by atoms with Gasteiger partial charge in [-0.15, -0.1) is 0 Å². The molecular formula is C18H26N4O3. The lowest BCUT2D eigenvalue weighted by molar-refractivity contribution is -0.130. The fraction of sp³-hybridized carbons (Fsp3) is 0.722. The Labute approximate surface area is 147 Å². The van der Waals surface area contributed by atoms with E-state index in [0.29, 0.717) is 30.7 Å². The summed E-state index contributed by atoms with van der Waals surface area (Å²) in [6.45, 7) is 2.75. The molecule has 3 amide bonds. The highest BCUT2D eigenvalue weighted by Crippen LogP contribution is 2.53. The smallest absolute Gasteiger partial charge is 0.240 e. The van der Waals surface area contributed by atoms with E-state index in [2.05, 4.69) is 35.0 Å². The lowest BCUT2D eigenvalue weighted by Crippen LogP contribution is -2.53. The van der Waals surface area contributed by atoms with Crippen LogP contribution in [0.25, 0.3) is 0 Å². The fourth-order valence-electron chi connectivity index (χ4n) is 5.49. The van der Waals surface area contributed by atoms with E-state index in [9.17, 15) is 14.4 Å². The maximum Gasteiger partial charge on any atom is 0.240 e. The van der Waals surface area contributed by atoms with Crippen LogP contribution in [0.3, 0.4) is 0 Å². The highest BCUT2D eigenvalue weighted by atomic mass is 16.2. The molecule has 5 N–H and O–H groups in total. The number of nitrogens with two attached hydrogens (primary N) is 1. The van der Waals surface area contributed by atoms with Gasteiger partial charge in [-0.3, -0.25) is 14.4 Å². The summed E-state index contributed by atoms with van der Waals surface area (Å²) < 4.78 is 0. The first kappa shape index (κ1) is 16.6. The highest BCUT2D eigenvalue weighted by Gasteiger charge is 2.56. The van der Waals surface area contributed by atoms with E-state index in [1.165, 1.54) is 0 Å². The molecule has 7 nitrogen and oxygen atoms in total. The molecule has 7 heteroatoms. The summed E-state index contributed by atoms with van der Waals surface area (Å²) in [6, 6.07) is -0.806. The number of primary amides is 1. The van der Waals surface area contributed by atoms with Crippen LogP contribution < -0.4 is 21.7 Å². The van der Waals surface area contributed by atoms with Crippen molar-refractivity contribution in [2.45, 2.75) is 44.3 Å². The number of hydrogen-bond donors (Lipinski definition) is 4. The van der Waals surface area contributed by atoms with Crippen LogP contribution in [0.1, 0.15) is 26.2 Å². The molecule has 2 saturated heterocycles. The lowest BCUT2D eigenvalue weighted by atomic mass is 9.79. The molecule has 4 aliphatic rings. The molecule has 2 aliphatic carbocycles. The third-order valence-electron chi connectivity index (χ3n) is 6.61. The second-order valence-electron chi connectivity index (χ2n) is 8.01. The molecule has 2 heterocycles. The van der Waals surface area contributed by atoms with Crippen LogP contribution in [-0.4, -0.2) is 42.4 Å². The summed E-state index contributed by atoms with van der Waals surface area (Å²) in [5.74, 6) is 0.704. The minimum atomic E-state index is -0.799. The van der Waals surface area contributed by atoms with E-state index < -0.39 is 11.9 Å². The Balaban J connectivity index is 1.44. The molecule has 8 atom stereocenters. The molecule has 0 aromatic carbocycles. The van der Waals surface area contributed by atoms with E-state index in [1.54, 1.807) is 0 Å². The second kappa shape index (κ2) is 6.12. The zero-order valence-electron chi connectivity index (χ0n) is 14.4. The molecule has 4 rings (SSSR count). The number of hydrogen-bond acceptors (Lipinski definition) is 4. The predicted molar refractivity (Wildman–Crippen MR) is 91.0 cm³/mol. The summed E-state index contributed by atoms with van der Waals surface area (Å²) >= 11 is 0.